The molecule has 0 aromatic heterocycles. The zero-order valence-electron chi connectivity index (χ0n) is 26.3. The Hall–Kier alpha value is -2.28. The van der Waals surface area contributed by atoms with Gasteiger partial charge in [0.25, 0.3) is 0 Å². The van der Waals surface area contributed by atoms with Crippen molar-refractivity contribution in [2.45, 2.75) is 75.5 Å². The molecule has 5 aromatic carbocycles. The molecule has 242 valence electrons. The van der Waals surface area contributed by atoms with E-state index in [0.29, 0.717) is 12.1 Å². The van der Waals surface area contributed by atoms with E-state index in [9.17, 15) is 0 Å². The van der Waals surface area contributed by atoms with E-state index in [1.807, 2.05) is 34.9 Å². The van der Waals surface area contributed by atoms with E-state index in [1.54, 1.807) is 0 Å². The maximum atomic E-state index is 5.67. The second-order valence-corrected chi connectivity index (χ2v) is 19.1. The minimum atomic E-state index is -1.61. The Labute approximate surface area is 290 Å². The van der Waals surface area contributed by atoms with Crippen molar-refractivity contribution in [3.63, 3.8) is 0 Å². The predicted octanol–water partition coefficient (Wildman–Crippen LogP) is 11.7. The molecule has 3 aliphatic rings. The van der Waals surface area contributed by atoms with Gasteiger partial charge in [-0.1, -0.05) is 105 Å². The first kappa shape index (κ1) is 33.6. The summed E-state index contributed by atoms with van der Waals surface area (Å²) in [5.74, 6) is 0. The first-order valence-corrected chi connectivity index (χ1v) is 22.7. The third-order valence-corrected chi connectivity index (χ3v) is 11.9. The number of nitrogens with zero attached hydrogens (tertiary/aromatic N) is 2. The summed E-state index contributed by atoms with van der Waals surface area (Å²) in [5.41, 5.74) is 4.74. The molecular formula is C40H44Cl2N2PRu-. The van der Waals surface area contributed by atoms with Gasteiger partial charge in [-0.3, -0.25) is 0 Å². The fourth-order valence-corrected chi connectivity index (χ4v) is 9.44. The summed E-state index contributed by atoms with van der Waals surface area (Å²) < 4.78 is 1.92. The van der Waals surface area contributed by atoms with Crippen LogP contribution >= 0.6 is 28.6 Å². The van der Waals surface area contributed by atoms with Crippen LogP contribution in [0.3, 0.4) is 0 Å². The Morgan fingerprint density at radius 1 is 0.565 bits per heavy atom. The molecule has 2 nitrogen and oxygen atoms in total. The Kier molecular flexibility index (Phi) is 12.2. The van der Waals surface area contributed by atoms with Crippen LogP contribution in [0.1, 0.15) is 63.4 Å². The summed E-state index contributed by atoms with van der Waals surface area (Å²) in [6.45, 7) is 2.39. The van der Waals surface area contributed by atoms with Gasteiger partial charge in [0, 0.05) is 34.2 Å². The van der Waals surface area contributed by atoms with Gasteiger partial charge in [0.2, 0.25) is 0 Å². The molecular weight excluding hydrogens is 711 g/mol. The summed E-state index contributed by atoms with van der Waals surface area (Å²) in [5, 5.41) is 5.31. The molecule has 5 aromatic rings. The van der Waals surface area contributed by atoms with Crippen LogP contribution in [-0.2, 0) is 13.5 Å². The van der Waals surface area contributed by atoms with E-state index in [4.69, 9.17) is 19.4 Å². The maximum Gasteiger partial charge on any atom is 0.0200 e. The maximum absolute atomic E-state index is 5.67. The van der Waals surface area contributed by atoms with E-state index >= 15 is 0 Å². The second-order valence-electron chi connectivity index (χ2n) is 12.5. The zero-order valence-corrected chi connectivity index (χ0v) is 30.7. The van der Waals surface area contributed by atoms with Gasteiger partial charge >= 0.3 is 73.4 Å². The van der Waals surface area contributed by atoms with Crippen molar-refractivity contribution < 1.29 is 13.5 Å². The van der Waals surface area contributed by atoms with E-state index < -0.39 is 13.5 Å². The monoisotopic (exact) mass is 755 g/mol. The summed E-state index contributed by atoms with van der Waals surface area (Å²) in [4.78, 5) is 5.13. The summed E-state index contributed by atoms with van der Waals surface area (Å²) in [7, 11) is 14.2. The number of anilines is 2. The van der Waals surface area contributed by atoms with Crippen molar-refractivity contribution in [2.24, 2.45) is 0 Å². The Balaban J connectivity index is 0.000000179. The molecule has 1 heterocycles. The van der Waals surface area contributed by atoms with Gasteiger partial charge in [-0.25, -0.2) is 0 Å². The molecule has 0 radical (unpaired) electrons. The molecule has 2 aliphatic carbocycles. The number of hydrogen-bond donors (Lipinski definition) is 0. The topological polar surface area (TPSA) is 6.48 Å². The van der Waals surface area contributed by atoms with Crippen molar-refractivity contribution in [3.8, 4) is 0 Å². The molecule has 8 rings (SSSR count). The summed E-state index contributed by atoms with van der Waals surface area (Å²) in [6, 6.07) is 41.9. The molecule has 0 spiro atoms. The third-order valence-electron chi connectivity index (χ3n) is 9.39. The molecule has 2 saturated carbocycles. The largest absolute Gasteiger partial charge is 0.499 e. The SMILES string of the molecule is PC1CCCCC1.[Cl][Ru]([Cl])=[CH]c1ccccc1.c1ccc2c(N3[CH-]N(c4cccc5ccccc45)C4CCCCC43)cccc2c1. The van der Waals surface area contributed by atoms with E-state index in [2.05, 4.69) is 111 Å². The predicted molar refractivity (Wildman–Crippen MR) is 203 cm³/mol. The van der Waals surface area contributed by atoms with Crippen LogP contribution in [0.15, 0.2) is 115 Å². The van der Waals surface area contributed by atoms with Gasteiger partial charge in [-0.15, -0.1) is 9.24 Å². The van der Waals surface area contributed by atoms with Crippen LogP contribution in [0.4, 0.5) is 11.4 Å². The fraction of sp³-hybridized carbons (Fsp3) is 0.300. The molecule has 1 aliphatic heterocycles. The molecule has 3 atom stereocenters. The van der Waals surface area contributed by atoms with Crippen molar-refractivity contribution in [2.75, 3.05) is 9.80 Å². The van der Waals surface area contributed by atoms with Crippen LogP contribution in [0.2, 0.25) is 0 Å². The van der Waals surface area contributed by atoms with E-state index in [-0.39, 0.29) is 0 Å². The van der Waals surface area contributed by atoms with Crippen molar-refractivity contribution in [1.82, 2.24) is 0 Å². The smallest absolute Gasteiger partial charge is 0.0200 e. The summed E-state index contributed by atoms with van der Waals surface area (Å²) >= 11 is -1.61. The third kappa shape index (κ3) is 8.41. The number of fused-ring (bicyclic) bond motifs is 3. The summed E-state index contributed by atoms with van der Waals surface area (Å²) in [6.07, 6.45) is 12.5. The number of hydrogen-bond acceptors (Lipinski definition) is 2. The number of halogens is 2. The first-order chi connectivity index (χ1) is 22.6. The molecule has 3 unspecified atom stereocenters. The fourth-order valence-electron chi connectivity index (χ4n) is 7.14. The van der Waals surface area contributed by atoms with Crippen molar-refractivity contribution >= 4 is 66.2 Å². The minimum Gasteiger partial charge on any atom is -0.499 e. The van der Waals surface area contributed by atoms with Crippen LogP contribution in [0.5, 0.6) is 0 Å². The number of rotatable bonds is 3. The van der Waals surface area contributed by atoms with E-state index in [0.717, 1.165) is 11.2 Å². The molecule has 1 saturated heterocycles. The minimum absolute atomic E-state index is 0.536. The van der Waals surface area contributed by atoms with Gasteiger partial charge in [-0.05, 0) is 54.2 Å². The Morgan fingerprint density at radius 2 is 1.02 bits per heavy atom. The average molecular weight is 756 g/mol. The molecule has 0 amide bonds. The van der Waals surface area contributed by atoms with Crippen LogP contribution < -0.4 is 9.80 Å². The van der Waals surface area contributed by atoms with Crippen LogP contribution in [0, 0.1) is 6.67 Å². The Bertz CT molecular complexity index is 1630. The average Bonchev–Trinajstić information content (AvgIpc) is 3.48. The van der Waals surface area contributed by atoms with Crippen LogP contribution in [0.25, 0.3) is 21.5 Å². The molecule has 46 heavy (non-hydrogen) atoms. The zero-order chi connectivity index (χ0) is 31.7. The van der Waals surface area contributed by atoms with Crippen molar-refractivity contribution in [3.05, 3.63) is 127 Å². The quantitative estimate of drug-likeness (QED) is 0.103. The number of benzene rings is 5. The van der Waals surface area contributed by atoms with Gasteiger partial charge in [0.15, 0.2) is 0 Å². The molecule has 0 bridgehead atoms. The first-order valence-electron chi connectivity index (χ1n) is 16.6. The van der Waals surface area contributed by atoms with E-state index in [1.165, 1.54) is 90.7 Å². The molecule has 6 heteroatoms. The van der Waals surface area contributed by atoms with Gasteiger partial charge < -0.3 is 9.80 Å². The second kappa shape index (κ2) is 16.7. The van der Waals surface area contributed by atoms with Gasteiger partial charge in [0.1, 0.15) is 0 Å². The standard InChI is InChI=1S/C27H25N2.C7H6.C6H13P.2ClH.Ru/c1-3-13-22-20(9-1)11-7-17-24(22)28-19-29(27-16-6-5-15-26(27)28)25-18-8-12-21-10-2-4-14-23(21)25;1-7-5-3-2-4-6-7;7-6-4-2-1-3-5-6;;;/h1-4,7-14,17-19,26-27H,5-6,15-16H2;1-6H;6H,1-5,7H2;2*1H;/q-1;;;;;+2/p-2. The molecule has 0 N–H and O–H groups in total. The van der Waals surface area contributed by atoms with Crippen molar-refractivity contribution in [1.29, 1.82) is 0 Å². The van der Waals surface area contributed by atoms with Gasteiger partial charge in [-0.2, -0.15) is 6.67 Å². The van der Waals surface area contributed by atoms with Crippen LogP contribution in [-0.4, -0.2) is 22.4 Å². The normalized spacial score (nSPS) is 19.8. The molecule has 3 fully saturated rings. The van der Waals surface area contributed by atoms with Gasteiger partial charge in [0.05, 0.1) is 0 Å². The Morgan fingerprint density at radius 3 is 1.50 bits per heavy atom.